The van der Waals surface area contributed by atoms with Crippen molar-refractivity contribution in [1.82, 2.24) is 4.90 Å². The standard InChI is InChI=1S/C27H33NO11/c1-13-6-7-17(30)22-21(13)26-10-11-28(5)15(3)27(26,35)9-8-18(23(26)39-22)38-24(33)14(2)36-25(34)19(12-20(31)32)37-16(4)29/h6-8,14-15,19,23,30,35H,9-12H2,1-5H3,(H,31,32)/t14-,15+,19-,23-,26-,27+/m0/s1. The fourth-order valence-corrected chi connectivity index (χ4v) is 6.03. The Labute approximate surface area is 225 Å². The van der Waals surface area contributed by atoms with E-state index in [4.69, 9.17) is 24.1 Å². The predicted octanol–water partition coefficient (Wildman–Crippen LogP) is 1.32. The summed E-state index contributed by atoms with van der Waals surface area (Å²) in [5.74, 6) is -4.26. The molecule has 1 aliphatic carbocycles. The Morgan fingerprint density at radius 3 is 2.54 bits per heavy atom. The molecule has 12 nitrogen and oxygen atoms in total. The van der Waals surface area contributed by atoms with Gasteiger partial charge in [0.2, 0.25) is 6.10 Å². The van der Waals surface area contributed by atoms with Crippen LogP contribution in [0.2, 0.25) is 0 Å². The summed E-state index contributed by atoms with van der Waals surface area (Å²) < 4.78 is 21.7. The van der Waals surface area contributed by atoms with Gasteiger partial charge in [0.05, 0.1) is 17.4 Å². The lowest BCUT2D eigenvalue weighted by Gasteiger charge is -2.58. The first-order valence-electron chi connectivity index (χ1n) is 12.7. The minimum atomic E-state index is -1.73. The second kappa shape index (κ2) is 10.2. The van der Waals surface area contributed by atoms with Gasteiger partial charge in [-0.3, -0.25) is 9.59 Å². The fourth-order valence-electron chi connectivity index (χ4n) is 6.03. The van der Waals surface area contributed by atoms with Gasteiger partial charge in [0.25, 0.3) is 0 Å². The monoisotopic (exact) mass is 547 g/mol. The van der Waals surface area contributed by atoms with Crippen LogP contribution in [0.25, 0.3) is 0 Å². The van der Waals surface area contributed by atoms with Gasteiger partial charge in [-0.15, -0.1) is 0 Å². The molecule has 1 aromatic carbocycles. The van der Waals surface area contributed by atoms with Gasteiger partial charge in [-0.2, -0.15) is 0 Å². The number of esters is 3. The Bertz CT molecular complexity index is 1230. The van der Waals surface area contributed by atoms with Crippen LogP contribution in [0.3, 0.4) is 0 Å². The summed E-state index contributed by atoms with van der Waals surface area (Å²) in [6, 6.07) is 2.96. The molecule has 3 N–H and O–H groups in total. The summed E-state index contributed by atoms with van der Waals surface area (Å²) in [6.45, 7) is 6.63. The highest BCUT2D eigenvalue weighted by atomic mass is 16.6. The smallest absolute Gasteiger partial charge is 0.352 e. The zero-order valence-corrected chi connectivity index (χ0v) is 22.4. The highest BCUT2D eigenvalue weighted by molar-refractivity contribution is 5.86. The molecule has 2 heterocycles. The molecule has 4 rings (SSSR count). The summed E-state index contributed by atoms with van der Waals surface area (Å²) in [6.07, 6.45) is -2.88. The Morgan fingerprint density at radius 1 is 1.21 bits per heavy atom. The zero-order valence-electron chi connectivity index (χ0n) is 22.4. The number of benzene rings is 1. The number of carboxylic acids is 1. The Kier molecular flexibility index (Phi) is 7.39. The second-order valence-corrected chi connectivity index (χ2v) is 10.4. The van der Waals surface area contributed by atoms with Crippen LogP contribution in [0.1, 0.15) is 51.2 Å². The lowest BCUT2D eigenvalue weighted by molar-refractivity contribution is -0.180. The van der Waals surface area contributed by atoms with E-state index >= 15 is 0 Å². The summed E-state index contributed by atoms with van der Waals surface area (Å²) in [5.41, 5.74) is -0.890. The number of aliphatic carboxylic acids is 1. The van der Waals surface area contributed by atoms with E-state index in [0.717, 1.165) is 12.5 Å². The van der Waals surface area contributed by atoms with Crippen LogP contribution in [0.4, 0.5) is 0 Å². The zero-order chi connectivity index (χ0) is 28.9. The molecule has 6 atom stereocenters. The first-order chi connectivity index (χ1) is 18.2. The molecule has 3 aliphatic rings. The first kappa shape index (κ1) is 28.4. The van der Waals surface area contributed by atoms with Crippen molar-refractivity contribution in [3.05, 3.63) is 35.1 Å². The number of likely N-dealkylation sites (N-methyl/N-ethyl adjacent to an activating group) is 1. The van der Waals surface area contributed by atoms with Gasteiger partial charge in [0.1, 0.15) is 5.76 Å². The molecule has 0 amide bonds. The number of carbonyl (C=O) groups is 4. The van der Waals surface area contributed by atoms with E-state index in [2.05, 4.69) is 0 Å². The largest absolute Gasteiger partial charge is 0.504 e. The number of rotatable bonds is 7. The third-order valence-electron chi connectivity index (χ3n) is 8.11. The molecule has 0 radical (unpaired) electrons. The number of ether oxygens (including phenoxy) is 4. The molecule has 0 bridgehead atoms. The highest BCUT2D eigenvalue weighted by Gasteiger charge is 2.69. The van der Waals surface area contributed by atoms with Crippen LogP contribution in [0, 0.1) is 6.92 Å². The number of aliphatic hydroxyl groups is 1. The summed E-state index contributed by atoms with van der Waals surface area (Å²) >= 11 is 0. The van der Waals surface area contributed by atoms with Crippen molar-refractivity contribution < 1.29 is 53.4 Å². The quantitative estimate of drug-likeness (QED) is 0.331. The number of fused-ring (bicyclic) bond motifs is 1. The Balaban J connectivity index is 1.62. The van der Waals surface area contributed by atoms with E-state index in [1.165, 1.54) is 13.0 Å². The number of carboxylic acid groups (broad SMARTS) is 1. The summed E-state index contributed by atoms with van der Waals surface area (Å²) in [7, 11) is 1.92. The van der Waals surface area contributed by atoms with Crippen molar-refractivity contribution in [2.24, 2.45) is 0 Å². The molecule has 0 aromatic heterocycles. The maximum Gasteiger partial charge on any atom is 0.352 e. The van der Waals surface area contributed by atoms with Gasteiger partial charge in [-0.25, -0.2) is 9.59 Å². The number of likely N-dealkylation sites (tertiary alicyclic amines) is 1. The van der Waals surface area contributed by atoms with Crippen molar-refractivity contribution in [3.63, 3.8) is 0 Å². The van der Waals surface area contributed by atoms with Crippen LogP contribution in [-0.2, 0) is 38.8 Å². The molecule has 212 valence electrons. The number of nitrogens with zero attached hydrogens (tertiary/aromatic N) is 1. The first-order valence-corrected chi connectivity index (χ1v) is 12.7. The number of phenolic OH excluding ortho intramolecular Hbond substituents is 1. The molecule has 0 saturated carbocycles. The van der Waals surface area contributed by atoms with Gasteiger partial charge in [0.15, 0.2) is 23.7 Å². The van der Waals surface area contributed by atoms with Gasteiger partial charge < -0.3 is 39.2 Å². The predicted molar refractivity (Wildman–Crippen MR) is 133 cm³/mol. The van der Waals surface area contributed by atoms with E-state index in [0.29, 0.717) is 18.5 Å². The third kappa shape index (κ3) is 4.61. The third-order valence-corrected chi connectivity index (χ3v) is 8.11. The average molecular weight is 548 g/mol. The molecule has 1 saturated heterocycles. The fraction of sp³-hybridized carbons (Fsp3) is 0.556. The number of hydrogen-bond acceptors (Lipinski definition) is 11. The van der Waals surface area contributed by atoms with Crippen LogP contribution >= 0.6 is 0 Å². The minimum absolute atomic E-state index is 0.0985. The van der Waals surface area contributed by atoms with Crippen molar-refractivity contribution in [1.29, 1.82) is 0 Å². The highest BCUT2D eigenvalue weighted by Crippen LogP contribution is 2.62. The molecule has 2 aliphatic heterocycles. The van der Waals surface area contributed by atoms with Gasteiger partial charge in [-0.05, 0) is 58.5 Å². The van der Waals surface area contributed by atoms with E-state index in [9.17, 15) is 29.4 Å². The van der Waals surface area contributed by atoms with E-state index in [1.54, 1.807) is 12.1 Å². The number of phenols is 1. The van der Waals surface area contributed by atoms with Crippen molar-refractivity contribution >= 4 is 23.9 Å². The normalized spacial score (nSPS) is 28.9. The van der Waals surface area contributed by atoms with Crippen LogP contribution in [0.5, 0.6) is 11.5 Å². The van der Waals surface area contributed by atoms with Gasteiger partial charge in [0, 0.05) is 24.9 Å². The van der Waals surface area contributed by atoms with Crippen molar-refractivity contribution in [2.75, 3.05) is 13.6 Å². The summed E-state index contributed by atoms with van der Waals surface area (Å²) in [4.78, 5) is 49.8. The molecule has 0 unspecified atom stereocenters. The topological polar surface area (TPSA) is 169 Å². The number of piperidine rings is 1. The molecule has 1 spiro atoms. The maximum atomic E-state index is 13.0. The van der Waals surface area contributed by atoms with Crippen LogP contribution in [0.15, 0.2) is 24.0 Å². The number of hydrogen-bond donors (Lipinski definition) is 3. The second-order valence-electron chi connectivity index (χ2n) is 10.4. The van der Waals surface area contributed by atoms with E-state index in [-0.39, 0.29) is 29.7 Å². The molecule has 39 heavy (non-hydrogen) atoms. The average Bonchev–Trinajstić information content (AvgIpc) is 3.22. The summed E-state index contributed by atoms with van der Waals surface area (Å²) in [5, 5.41) is 31.8. The van der Waals surface area contributed by atoms with E-state index in [1.807, 2.05) is 25.8 Å². The number of aryl methyl sites for hydroxylation is 1. The lowest BCUT2D eigenvalue weighted by Crippen LogP contribution is -2.71. The molecular weight excluding hydrogens is 514 g/mol. The molecule has 1 fully saturated rings. The minimum Gasteiger partial charge on any atom is -0.504 e. The SMILES string of the molecule is CC(=O)O[C@@H](CC(=O)O)C(=O)O[C@@H](C)C(=O)OC1=CC[C@@]2(O)[C@@H](C)N(C)CC[C@@]23c2c(C)ccc(O)c2O[C@@H]13. The Morgan fingerprint density at radius 2 is 1.90 bits per heavy atom. The maximum absolute atomic E-state index is 13.0. The molecule has 1 aromatic rings. The van der Waals surface area contributed by atoms with Gasteiger partial charge in [-0.1, -0.05) is 6.07 Å². The van der Waals surface area contributed by atoms with Crippen LogP contribution < -0.4 is 4.74 Å². The molecular formula is C27H33NO11. The Hall–Kier alpha value is -3.64. The van der Waals surface area contributed by atoms with Crippen molar-refractivity contribution in [3.8, 4) is 11.5 Å². The van der Waals surface area contributed by atoms with Gasteiger partial charge >= 0.3 is 23.9 Å². The van der Waals surface area contributed by atoms with Crippen molar-refractivity contribution in [2.45, 2.75) is 82.3 Å². The lowest BCUT2D eigenvalue weighted by atomic mass is 9.54. The molecule has 12 heteroatoms. The number of aromatic hydroxyl groups is 1. The number of carbonyl (C=O) groups excluding carboxylic acids is 3. The van der Waals surface area contributed by atoms with Crippen LogP contribution in [-0.4, -0.2) is 87.6 Å². The van der Waals surface area contributed by atoms with E-state index < -0.39 is 59.6 Å².